The summed E-state index contributed by atoms with van der Waals surface area (Å²) in [6.45, 7) is 1.79. The number of halogens is 2. The van der Waals surface area contributed by atoms with Crippen LogP contribution in [0.3, 0.4) is 0 Å². The zero-order chi connectivity index (χ0) is 21.4. The fourth-order valence-corrected chi connectivity index (χ4v) is 4.50. The smallest absolute Gasteiger partial charge is 0.336 e. The molecule has 2 aromatic rings. The van der Waals surface area contributed by atoms with Gasteiger partial charge < -0.3 is 10.1 Å². The van der Waals surface area contributed by atoms with Crippen molar-refractivity contribution in [3.05, 3.63) is 93.0 Å². The lowest BCUT2D eigenvalue weighted by Crippen LogP contribution is -2.36. The second kappa shape index (κ2) is 8.07. The molecule has 4 rings (SSSR count). The van der Waals surface area contributed by atoms with Crippen LogP contribution in [0.5, 0.6) is 0 Å². The first-order valence-corrected chi connectivity index (χ1v) is 10.1. The van der Waals surface area contributed by atoms with Gasteiger partial charge in [-0.2, -0.15) is 0 Å². The monoisotopic (exact) mass is 425 g/mol. The number of benzene rings is 2. The maximum atomic E-state index is 13.5. The van der Waals surface area contributed by atoms with Crippen LogP contribution < -0.4 is 5.32 Å². The number of Topliss-reactive ketones (excluding diaryl/α,β-unsaturated/α-hetero) is 1. The number of ether oxygens (including phenoxy) is 1. The summed E-state index contributed by atoms with van der Waals surface area (Å²) in [5.74, 6) is -1.49. The van der Waals surface area contributed by atoms with E-state index < -0.39 is 11.9 Å². The molecule has 0 spiro atoms. The quantitative estimate of drug-likeness (QED) is 0.702. The lowest BCUT2D eigenvalue weighted by Gasteiger charge is -2.36. The van der Waals surface area contributed by atoms with Gasteiger partial charge in [0.05, 0.1) is 12.7 Å². The van der Waals surface area contributed by atoms with Crippen LogP contribution in [0, 0.1) is 5.82 Å². The highest BCUT2D eigenvalue weighted by molar-refractivity contribution is 6.30. The van der Waals surface area contributed by atoms with E-state index in [4.69, 9.17) is 16.3 Å². The van der Waals surface area contributed by atoms with E-state index >= 15 is 0 Å². The van der Waals surface area contributed by atoms with E-state index in [1.54, 1.807) is 19.1 Å². The van der Waals surface area contributed by atoms with E-state index in [0.717, 1.165) is 11.3 Å². The maximum Gasteiger partial charge on any atom is 0.336 e. The predicted octanol–water partition coefficient (Wildman–Crippen LogP) is 5.01. The van der Waals surface area contributed by atoms with Crippen LogP contribution in [0.2, 0.25) is 5.02 Å². The number of allylic oxidation sites excluding steroid dienone is 3. The first-order valence-electron chi connectivity index (χ1n) is 9.72. The van der Waals surface area contributed by atoms with Gasteiger partial charge in [-0.15, -0.1) is 0 Å². The van der Waals surface area contributed by atoms with Crippen molar-refractivity contribution in [2.75, 3.05) is 7.11 Å². The molecule has 0 saturated carbocycles. The van der Waals surface area contributed by atoms with Gasteiger partial charge in [-0.3, -0.25) is 4.79 Å². The van der Waals surface area contributed by atoms with Gasteiger partial charge in [0.2, 0.25) is 0 Å². The summed E-state index contributed by atoms with van der Waals surface area (Å²) in [5.41, 5.74) is 4.09. The van der Waals surface area contributed by atoms with Crippen molar-refractivity contribution < 1.29 is 18.7 Å². The lowest BCUT2D eigenvalue weighted by molar-refractivity contribution is -0.136. The molecule has 1 heterocycles. The van der Waals surface area contributed by atoms with Crippen LogP contribution in [0.15, 0.2) is 71.1 Å². The highest BCUT2D eigenvalue weighted by atomic mass is 35.5. The van der Waals surface area contributed by atoms with Gasteiger partial charge in [0.15, 0.2) is 5.78 Å². The Bertz CT molecular complexity index is 1070. The van der Waals surface area contributed by atoms with E-state index in [-0.39, 0.29) is 17.5 Å². The molecule has 1 aliphatic heterocycles. The highest BCUT2D eigenvalue weighted by Gasteiger charge is 2.41. The first kappa shape index (κ1) is 20.4. The summed E-state index contributed by atoms with van der Waals surface area (Å²) >= 11 is 6.00. The van der Waals surface area contributed by atoms with Crippen LogP contribution >= 0.6 is 11.6 Å². The number of rotatable bonds is 3. The molecule has 0 radical (unpaired) electrons. The summed E-state index contributed by atoms with van der Waals surface area (Å²) in [6, 6.07) is 13.4. The molecule has 2 aliphatic rings. The van der Waals surface area contributed by atoms with Crippen molar-refractivity contribution in [3.63, 3.8) is 0 Å². The molecule has 0 fully saturated rings. The number of hydrogen-bond acceptors (Lipinski definition) is 4. The number of nitrogens with one attached hydrogen (secondary N) is 1. The number of carbonyl (C=O) groups excluding carboxylic acids is 2. The zero-order valence-corrected chi connectivity index (χ0v) is 17.4. The minimum atomic E-state index is -0.590. The van der Waals surface area contributed by atoms with Gasteiger partial charge in [-0.1, -0.05) is 35.9 Å². The van der Waals surface area contributed by atoms with E-state index in [2.05, 4.69) is 5.32 Å². The Morgan fingerprint density at radius 2 is 1.70 bits per heavy atom. The Morgan fingerprint density at radius 1 is 1.07 bits per heavy atom. The van der Waals surface area contributed by atoms with Crippen LogP contribution in [-0.4, -0.2) is 18.9 Å². The molecule has 0 unspecified atom stereocenters. The predicted molar refractivity (Wildman–Crippen MR) is 112 cm³/mol. The number of methoxy groups -OCH3 is 1. The Morgan fingerprint density at radius 3 is 2.33 bits per heavy atom. The van der Waals surface area contributed by atoms with Crippen LogP contribution in [0.1, 0.15) is 42.7 Å². The number of hydrogen-bond donors (Lipinski definition) is 1. The Balaban J connectivity index is 1.79. The molecule has 1 N–H and O–H groups in total. The van der Waals surface area contributed by atoms with Gasteiger partial charge >= 0.3 is 5.97 Å². The third-order valence-electron chi connectivity index (χ3n) is 5.78. The van der Waals surface area contributed by atoms with Crippen molar-refractivity contribution in [2.45, 2.75) is 31.6 Å². The largest absolute Gasteiger partial charge is 0.466 e. The van der Waals surface area contributed by atoms with E-state index in [1.165, 1.54) is 19.2 Å². The van der Waals surface area contributed by atoms with E-state index in [0.29, 0.717) is 40.3 Å². The first-order chi connectivity index (χ1) is 14.4. The van der Waals surface area contributed by atoms with Crippen molar-refractivity contribution in [1.29, 1.82) is 0 Å². The van der Waals surface area contributed by atoms with Crippen molar-refractivity contribution >= 4 is 23.4 Å². The molecule has 0 amide bonds. The minimum Gasteiger partial charge on any atom is -0.466 e. The van der Waals surface area contributed by atoms with Crippen molar-refractivity contribution in [1.82, 2.24) is 5.32 Å². The number of dihydropyridines is 1. The second-order valence-electron chi connectivity index (χ2n) is 7.61. The van der Waals surface area contributed by atoms with Gasteiger partial charge in [0.1, 0.15) is 5.82 Å². The minimum absolute atomic E-state index is 0.0161. The molecule has 2 aromatic carbocycles. The summed E-state index contributed by atoms with van der Waals surface area (Å²) in [4.78, 5) is 25.9. The van der Waals surface area contributed by atoms with Crippen LogP contribution in [0.25, 0.3) is 0 Å². The van der Waals surface area contributed by atoms with Gasteiger partial charge in [0.25, 0.3) is 0 Å². The highest BCUT2D eigenvalue weighted by Crippen LogP contribution is 2.45. The van der Waals surface area contributed by atoms with Gasteiger partial charge in [-0.05, 0) is 54.7 Å². The second-order valence-corrected chi connectivity index (χ2v) is 8.05. The molecule has 2 atom stereocenters. The van der Waals surface area contributed by atoms with E-state index in [1.807, 2.05) is 24.3 Å². The summed E-state index contributed by atoms with van der Waals surface area (Å²) < 4.78 is 18.5. The number of ketones is 1. The fraction of sp³-hybridized carbons (Fsp3) is 0.250. The molecule has 0 bridgehead atoms. The fourth-order valence-electron chi connectivity index (χ4n) is 4.38. The van der Waals surface area contributed by atoms with Crippen LogP contribution in [-0.2, 0) is 14.3 Å². The SMILES string of the molecule is COC(=O)C1=C(C)NC2=C(C(=O)C[C@@H](c3ccc(Cl)cc3)C2)[C@H]1c1ccc(F)cc1. The van der Waals surface area contributed by atoms with Gasteiger partial charge in [0, 0.05) is 34.3 Å². The number of carbonyl (C=O) groups is 2. The summed E-state index contributed by atoms with van der Waals surface area (Å²) in [7, 11) is 1.31. The normalized spacial score (nSPS) is 21.3. The van der Waals surface area contributed by atoms with Crippen LogP contribution in [0.4, 0.5) is 4.39 Å². The number of esters is 1. The lowest BCUT2D eigenvalue weighted by atomic mass is 9.72. The zero-order valence-electron chi connectivity index (χ0n) is 16.7. The molecular weight excluding hydrogens is 405 g/mol. The third kappa shape index (κ3) is 3.65. The standard InChI is InChI=1S/C24H21ClFNO3/c1-13-21(24(29)30-2)22(15-5-9-18(26)10-6-15)23-19(27-13)11-16(12-20(23)28)14-3-7-17(25)8-4-14/h3-10,16,22,27H,11-12H2,1-2H3/t16-,22-/m0/s1. The Hall–Kier alpha value is -2.92. The molecule has 1 aliphatic carbocycles. The van der Waals surface area contributed by atoms with Crippen molar-refractivity contribution in [3.8, 4) is 0 Å². The Kier molecular flexibility index (Phi) is 5.48. The molecule has 6 heteroatoms. The average Bonchev–Trinajstić information content (AvgIpc) is 2.73. The third-order valence-corrected chi connectivity index (χ3v) is 6.03. The van der Waals surface area contributed by atoms with Gasteiger partial charge in [-0.25, -0.2) is 9.18 Å². The van der Waals surface area contributed by atoms with E-state index in [9.17, 15) is 14.0 Å². The summed E-state index contributed by atoms with van der Waals surface area (Å²) in [5, 5.41) is 3.92. The Labute approximate surface area is 179 Å². The molecule has 30 heavy (non-hydrogen) atoms. The maximum absolute atomic E-state index is 13.5. The molecular formula is C24H21ClFNO3. The molecule has 154 valence electrons. The average molecular weight is 426 g/mol. The molecule has 4 nitrogen and oxygen atoms in total. The van der Waals surface area contributed by atoms with Crippen molar-refractivity contribution in [2.24, 2.45) is 0 Å². The topological polar surface area (TPSA) is 55.4 Å². The summed E-state index contributed by atoms with van der Waals surface area (Å²) in [6.07, 6.45) is 0.958. The molecule has 0 saturated heterocycles. The molecule has 0 aromatic heterocycles.